The predicted octanol–water partition coefficient (Wildman–Crippen LogP) is 23.9. The number of unbranched alkanes of at least 4 members (excludes halogenated alkanes) is 41. The van der Waals surface area contributed by atoms with Crippen molar-refractivity contribution < 1.29 is 42.1 Å². The van der Waals surface area contributed by atoms with Gasteiger partial charge in [0.1, 0.15) is 19.8 Å². The third-order valence-corrected chi connectivity index (χ3v) is 17.4. The Morgan fingerprint density at radius 2 is 0.648 bits per heavy atom. The van der Waals surface area contributed by atoms with E-state index in [0.717, 1.165) is 70.6 Å². The fourth-order valence-electron chi connectivity index (χ4n) is 10.7. The maximum atomic E-state index is 12.9. The third kappa shape index (κ3) is 72.3. The molecule has 10 heteroatoms. The lowest BCUT2D eigenvalue weighted by molar-refractivity contribution is -0.870. The molecule has 0 saturated heterocycles. The molecule has 512 valence electrons. The quantitative estimate of drug-likeness (QED) is 0.0195. The number of hydrogen-bond acceptors (Lipinski definition) is 8. The summed E-state index contributed by atoms with van der Waals surface area (Å²) >= 11 is 0. The number of likely N-dealkylation sites (N-methyl/N-ethyl adjacent to an activating group) is 1. The number of carbonyl (C=O) groups is 2. The highest BCUT2D eigenvalue weighted by Gasteiger charge is 2.22. The van der Waals surface area contributed by atoms with Crippen molar-refractivity contribution in [2.75, 3.05) is 47.5 Å². The molecular weight excluding hydrogens is 1110 g/mol. The SMILES string of the molecule is CC/C=C\C/C=C\C/C=C\C/C=C\C/C=C\CCCCCCCCCCCCCCCCCCCCCCCCCC(=O)OC(COC(=O)CCCCCCCCCCCCCCC/C=C\C/C=C\CCCCCCC)COP(=O)([O-])OCC[N+](C)(C)C. The standard InChI is InChI=1S/C78H142NO8P/c1-6-8-10-12-14-16-18-20-22-24-26-28-30-32-33-34-35-36-37-38-39-40-41-42-43-44-45-47-49-51-53-55-57-59-61-63-65-67-69-71-78(81)87-76(75-86-88(82,83)85-73-72-79(3,4)5)74-84-77(80)70-68-66-64-62-60-58-56-54-52-50-48-46-31-29-27-25-23-21-19-17-15-13-11-9-7-2/h8,10,14,16,19-22,25-28,32-33,76H,6-7,9,11-13,15,17-18,23-24,29-31,34-75H2,1-5H3/b10-8-,16-14-,21-19-,22-20-,27-25-,28-26-,33-32-. The number of carbonyl (C=O) groups excluding carboxylic acids is 2. The van der Waals surface area contributed by atoms with Crippen LogP contribution in [0.5, 0.6) is 0 Å². The molecule has 0 aliphatic heterocycles. The average Bonchev–Trinajstić information content (AvgIpc) is 3.68. The number of hydrogen-bond donors (Lipinski definition) is 0. The molecule has 0 saturated carbocycles. The molecule has 0 aliphatic carbocycles. The molecule has 9 nitrogen and oxygen atoms in total. The van der Waals surface area contributed by atoms with Crippen molar-refractivity contribution in [1.82, 2.24) is 0 Å². The molecule has 0 heterocycles. The smallest absolute Gasteiger partial charge is 0.306 e. The Hall–Kier alpha value is -2.81. The van der Waals surface area contributed by atoms with Crippen LogP contribution in [-0.4, -0.2) is 70.0 Å². The van der Waals surface area contributed by atoms with Crippen LogP contribution in [0, 0.1) is 0 Å². The van der Waals surface area contributed by atoms with Gasteiger partial charge in [0, 0.05) is 12.8 Å². The van der Waals surface area contributed by atoms with Crippen LogP contribution in [0.2, 0.25) is 0 Å². The molecule has 2 atom stereocenters. The first-order valence-electron chi connectivity index (χ1n) is 37.3. The number of ether oxygens (including phenoxy) is 2. The Balaban J connectivity index is 3.95. The molecular formula is C78H142NO8P. The summed E-state index contributed by atoms with van der Waals surface area (Å²) in [6.07, 6.45) is 94.0. The zero-order valence-electron chi connectivity index (χ0n) is 58.4. The van der Waals surface area contributed by atoms with Gasteiger partial charge in [0.2, 0.25) is 0 Å². The van der Waals surface area contributed by atoms with Gasteiger partial charge in [0.05, 0.1) is 27.7 Å². The van der Waals surface area contributed by atoms with Crippen molar-refractivity contribution in [2.24, 2.45) is 0 Å². The summed E-state index contributed by atoms with van der Waals surface area (Å²) in [6.45, 7) is 4.16. The van der Waals surface area contributed by atoms with E-state index in [1.54, 1.807) is 0 Å². The van der Waals surface area contributed by atoms with Crippen LogP contribution >= 0.6 is 7.82 Å². The van der Waals surface area contributed by atoms with Crippen molar-refractivity contribution in [3.63, 3.8) is 0 Å². The third-order valence-electron chi connectivity index (χ3n) is 16.4. The second kappa shape index (κ2) is 68.6. The zero-order chi connectivity index (χ0) is 64.1. The van der Waals surface area contributed by atoms with Crippen LogP contribution in [-0.2, 0) is 32.7 Å². The molecule has 0 aromatic heterocycles. The van der Waals surface area contributed by atoms with Crippen molar-refractivity contribution in [3.05, 3.63) is 85.1 Å². The minimum atomic E-state index is -4.64. The Bertz CT molecular complexity index is 1760. The number of nitrogens with zero attached hydrogens (tertiary/aromatic N) is 1. The first-order chi connectivity index (χ1) is 43.0. The van der Waals surface area contributed by atoms with Gasteiger partial charge in [-0.15, -0.1) is 0 Å². The molecule has 0 N–H and O–H groups in total. The molecule has 0 aliphatic rings. The van der Waals surface area contributed by atoms with Crippen molar-refractivity contribution in [1.29, 1.82) is 0 Å². The van der Waals surface area contributed by atoms with E-state index < -0.39 is 26.5 Å². The van der Waals surface area contributed by atoms with Crippen LogP contribution in [0.25, 0.3) is 0 Å². The number of phosphoric ester groups is 1. The zero-order valence-corrected chi connectivity index (χ0v) is 59.3. The van der Waals surface area contributed by atoms with Gasteiger partial charge in [-0.05, 0) is 89.9 Å². The monoisotopic (exact) mass is 1250 g/mol. The van der Waals surface area contributed by atoms with Crippen LogP contribution in [0.3, 0.4) is 0 Å². The van der Waals surface area contributed by atoms with Crippen LogP contribution in [0.1, 0.15) is 348 Å². The van der Waals surface area contributed by atoms with Crippen molar-refractivity contribution in [3.8, 4) is 0 Å². The first kappa shape index (κ1) is 85.2. The van der Waals surface area contributed by atoms with Gasteiger partial charge in [-0.1, -0.05) is 330 Å². The normalized spacial score (nSPS) is 13.6. The summed E-state index contributed by atoms with van der Waals surface area (Å²) < 4.78 is 34.4. The van der Waals surface area contributed by atoms with Gasteiger partial charge in [-0.25, -0.2) is 0 Å². The van der Waals surface area contributed by atoms with E-state index in [2.05, 4.69) is 98.9 Å². The van der Waals surface area contributed by atoms with E-state index in [-0.39, 0.29) is 32.0 Å². The number of allylic oxidation sites excluding steroid dienone is 14. The first-order valence-corrected chi connectivity index (χ1v) is 38.8. The van der Waals surface area contributed by atoms with Crippen molar-refractivity contribution >= 4 is 19.8 Å². The maximum Gasteiger partial charge on any atom is 0.306 e. The molecule has 0 radical (unpaired) electrons. The van der Waals surface area contributed by atoms with E-state index in [0.29, 0.717) is 17.4 Å². The molecule has 0 amide bonds. The minimum absolute atomic E-state index is 0.0306. The number of quaternary nitrogens is 1. The largest absolute Gasteiger partial charge is 0.756 e. The Morgan fingerprint density at radius 3 is 0.966 bits per heavy atom. The highest BCUT2D eigenvalue weighted by molar-refractivity contribution is 7.45. The van der Waals surface area contributed by atoms with E-state index in [4.69, 9.17) is 18.5 Å². The van der Waals surface area contributed by atoms with Crippen molar-refractivity contribution in [2.45, 2.75) is 354 Å². The number of rotatable bonds is 69. The summed E-state index contributed by atoms with van der Waals surface area (Å²) in [4.78, 5) is 38.1. The van der Waals surface area contributed by atoms with Crippen LogP contribution in [0.4, 0.5) is 0 Å². The second-order valence-corrected chi connectivity index (χ2v) is 27.7. The molecule has 0 bridgehead atoms. The topological polar surface area (TPSA) is 111 Å². The lowest BCUT2D eigenvalue weighted by atomic mass is 10.0. The highest BCUT2D eigenvalue weighted by Crippen LogP contribution is 2.38. The van der Waals surface area contributed by atoms with Crippen LogP contribution < -0.4 is 4.89 Å². The second-order valence-electron chi connectivity index (χ2n) is 26.3. The van der Waals surface area contributed by atoms with Gasteiger partial charge in [-0.3, -0.25) is 14.2 Å². The maximum absolute atomic E-state index is 12.9. The van der Waals surface area contributed by atoms with E-state index in [9.17, 15) is 19.0 Å². The van der Waals surface area contributed by atoms with Gasteiger partial charge >= 0.3 is 11.9 Å². The molecule has 0 aromatic rings. The fourth-order valence-corrected chi connectivity index (χ4v) is 11.4. The van der Waals surface area contributed by atoms with E-state index in [1.807, 2.05) is 21.1 Å². The predicted molar refractivity (Wildman–Crippen MR) is 379 cm³/mol. The number of phosphoric acid groups is 1. The van der Waals surface area contributed by atoms with E-state index in [1.165, 1.54) is 244 Å². The average molecular weight is 1250 g/mol. The number of esters is 2. The summed E-state index contributed by atoms with van der Waals surface area (Å²) in [5.41, 5.74) is 0. The summed E-state index contributed by atoms with van der Waals surface area (Å²) in [6, 6.07) is 0. The molecule has 0 fully saturated rings. The molecule has 0 aromatic carbocycles. The summed E-state index contributed by atoms with van der Waals surface area (Å²) in [5, 5.41) is 0. The molecule has 88 heavy (non-hydrogen) atoms. The van der Waals surface area contributed by atoms with Gasteiger partial charge in [0.25, 0.3) is 7.82 Å². The fraction of sp³-hybridized carbons (Fsp3) is 0.795. The molecule has 0 spiro atoms. The highest BCUT2D eigenvalue weighted by atomic mass is 31.2. The van der Waals surface area contributed by atoms with Gasteiger partial charge in [-0.2, -0.15) is 0 Å². The Morgan fingerprint density at radius 1 is 0.364 bits per heavy atom. The minimum Gasteiger partial charge on any atom is -0.756 e. The van der Waals surface area contributed by atoms with Crippen LogP contribution in [0.15, 0.2) is 85.1 Å². The van der Waals surface area contributed by atoms with Gasteiger partial charge in [0.15, 0.2) is 6.10 Å². The lowest BCUT2D eigenvalue weighted by Crippen LogP contribution is -2.37. The molecule has 2 unspecified atom stereocenters. The Kier molecular flexibility index (Phi) is 66.4. The Labute approximate surface area is 545 Å². The summed E-state index contributed by atoms with van der Waals surface area (Å²) in [7, 11) is 1.18. The lowest BCUT2D eigenvalue weighted by Gasteiger charge is -2.28. The van der Waals surface area contributed by atoms with Gasteiger partial charge < -0.3 is 27.9 Å². The summed E-state index contributed by atoms with van der Waals surface area (Å²) in [5.74, 6) is -0.818. The van der Waals surface area contributed by atoms with E-state index >= 15 is 0 Å². The molecule has 0 rings (SSSR count).